The predicted octanol–water partition coefficient (Wildman–Crippen LogP) is 2.74. The Morgan fingerprint density at radius 1 is 1.25 bits per heavy atom. The Labute approximate surface area is 116 Å². The highest BCUT2D eigenvalue weighted by Crippen LogP contribution is 2.29. The highest BCUT2D eigenvalue weighted by molar-refractivity contribution is 6.04. The fourth-order valence-corrected chi connectivity index (χ4v) is 2.50. The maximum atomic E-state index is 12.4. The fraction of sp³-hybridized carbons (Fsp3) is 0.333. The number of nitrogens with one attached hydrogen (secondary N) is 3. The second-order valence-corrected chi connectivity index (χ2v) is 6.04. The van der Waals surface area contributed by atoms with E-state index >= 15 is 0 Å². The van der Waals surface area contributed by atoms with Crippen LogP contribution in [-0.2, 0) is 5.41 Å². The third-order valence-corrected chi connectivity index (χ3v) is 3.55. The van der Waals surface area contributed by atoms with Crippen LogP contribution in [0.25, 0.3) is 21.8 Å². The monoisotopic (exact) mass is 270 g/mol. The standard InChI is InChI=1S/C15H18N4O/c1-15(2,3)13-11-12(18-19-13)9-6-5-8(16-4)7-10(9)17-14(11)20/h5-7,16H,1-4H3,(H,17,20)(H,18,19). The normalized spacial score (nSPS) is 12.2. The van der Waals surface area contributed by atoms with E-state index in [0.717, 1.165) is 27.8 Å². The van der Waals surface area contributed by atoms with Crippen molar-refractivity contribution in [2.75, 3.05) is 12.4 Å². The van der Waals surface area contributed by atoms with Crippen LogP contribution >= 0.6 is 0 Å². The van der Waals surface area contributed by atoms with Crippen LogP contribution in [0, 0.1) is 0 Å². The largest absolute Gasteiger partial charge is 0.388 e. The molecule has 3 N–H and O–H groups in total. The Morgan fingerprint density at radius 2 is 2.00 bits per heavy atom. The minimum atomic E-state index is -0.152. The molecule has 0 saturated heterocycles. The Balaban J connectivity index is 2.45. The molecule has 0 amide bonds. The lowest BCUT2D eigenvalue weighted by molar-refractivity contribution is 0.571. The lowest BCUT2D eigenvalue weighted by atomic mass is 9.90. The molecule has 2 aromatic heterocycles. The Kier molecular flexibility index (Phi) is 2.61. The fourth-order valence-electron chi connectivity index (χ4n) is 2.50. The summed E-state index contributed by atoms with van der Waals surface area (Å²) in [5, 5.41) is 12.1. The summed E-state index contributed by atoms with van der Waals surface area (Å²) in [4.78, 5) is 15.3. The van der Waals surface area contributed by atoms with E-state index in [1.807, 2.05) is 25.2 Å². The molecule has 1 aromatic carbocycles. The molecule has 0 atom stereocenters. The molecule has 20 heavy (non-hydrogen) atoms. The number of pyridine rings is 1. The van der Waals surface area contributed by atoms with Gasteiger partial charge in [0.2, 0.25) is 0 Å². The average Bonchev–Trinajstić information content (AvgIpc) is 2.83. The van der Waals surface area contributed by atoms with Crippen molar-refractivity contribution in [3.05, 3.63) is 34.2 Å². The van der Waals surface area contributed by atoms with E-state index in [1.165, 1.54) is 0 Å². The van der Waals surface area contributed by atoms with E-state index in [-0.39, 0.29) is 11.0 Å². The molecule has 5 heteroatoms. The molecule has 0 bridgehead atoms. The highest BCUT2D eigenvalue weighted by atomic mass is 16.1. The van der Waals surface area contributed by atoms with Gasteiger partial charge in [0.15, 0.2) is 0 Å². The zero-order valence-corrected chi connectivity index (χ0v) is 12.1. The van der Waals surface area contributed by atoms with Crippen molar-refractivity contribution in [1.29, 1.82) is 0 Å². The summed E-state index contributed by atoms with van der Waals surface area (Å²) >= 11 is 0. The molecular formula is C15H18N4O. The summed E-state index contributed by atoms with van der Waals surface area (Å²) in [7, 11) is 1.85. The van der Waals surface area contributed by atoms with Crippen LogP contribution in [0.5, 0.6) is 0 Å². The Hall–Kier alpha value is -2.30. The van der Waals surface area contributed by atoms with Crippen molar-refractivity contribution in [2.24, 2.45) is 0 Å². The molecule has 0 radical (unpaired) electrons. The zero-order valence-electron chi connectivity index (χ0n) is 12.1. The first kappa shape index (κ1) is 12.7. The van der Waals surface area contributed by atoms with Crippen molar-refractivity contribution < 1.29 is 0 Å². The van der Waals surface area contributed by atoms with Gasteiger partial charge < -0.3 is 10.3 Å². The Bertz CT molecular complexity index is 852. The number of hydrogen-bond acceptors (Lipinski definition) is 3. The minimum Gasteiger partial charge on any atom is -0.388 e. The summed E-state index contributed by atoms with van der Waals surface area (Å²) in [5.41, 5.74) is 3.10. The van der Waals surface area contributed by atoms with Crippen LogP contribution in [0.4, 0.5) is 5.69 Å². The summed E-state index contributed by atoms with van der Waals surface area (Å²) in [6.45, 7) is 6.19. The molecule has 0 fully saturated rings. The first-order chi connectivity index (χ1) is 9.41. The smallest absolute Gasteiger partial charge is 0.259 e. The van der Waals surface area contributed by atoms with E-state index < -0.39 is 0 Å². The molecule has 0 unspecified atom stereocenters. The van der Waals surface area contributed by atoms with Crippen LogP contribution < -0.4 is 10.9 Å². The van der Waals surface area contributed by atoms with Crippen molar-refractivity contribution in [1.82, 2.24) is 15.2 Å². The van der Waals surface area contributed by atoms with Crippen molar-refractivity contribution in [3.8, 4) is 0 Å². The predicted molar refractivity (Wildman–Crippen MR) is 82.5 cm³/mol. The van der Waals surface area contributed by atoms with Gasteiger partial charge in [-0.05, 0) is 18.2 Å². The summed E-state index contributed by atoms with van der Waals surface area (Å²) in [6.07, 6.45) is 0. The van der Waals surface area contributed by atoms with Crippen LogP contribution in [0.15, 0.2) is 23.0 Å². The maximum absolute atomic E-state index is 12.4. The third kappa shape index (κ3) is 1.78. The van der Waals surface area contributed by atoms with Gasteiger partial charge in [-0.3, -0.25) is 9.89 Å². The van der Waals surface area contributed by atoms with Gasteiger partial charge in [-0.15, -0.1) is 0 Å². The number of hydrogen-bond donors (Lipinski definition) is 3. The van der Waals surface area contributed by atoms with Gasteiger partial charge in [-0.2, -0.15) is 5.10 Å². The first-order valence-electron chi connectivity index (χ1n) is 6.64. The average molecular weight is 270 g/mol. The highest BCUT2D eigenvalue weighted by Gasteiger charge is 2.22. The molecule has 3 aromatic rings. The molecule has 0 aliphatic carbocycles. The molecule has 5 nitrogen and oxygen atoms in total. The first-order valence-corrected chi connectivity index (χ1v) is 6.64. The second-order valence-electron chi connectivity index (χ2n) is 6.04. The third-order valence-electron chi connectivity index (χ3n) is 3.55. The van der Waals surface area contributed by atoms with Crippen LogP contribution in [0.3, 0.4) is 0 Å². The van der Waals surface area contributed by atoms with Crippen molar-refractivity contribution in [2.45, 2.75) is 26.2 Å². The van der Waals surface area contributed by atoms with E-state index in [9.17, 15) is 4.79 Å². The molecule has 3 rings (SSSR count). The van der Waals surface area contributed by atoms with Gasteiger partial charge in [0.1, 0.15) is 5.52 Å². The zero-order chi connectivity index (χ0) is 14.5. The number of aromatic nitrogens is 3. The molecule has 104 valence electrons. The lowest BCUT2D eigenvalue weighted by Crippen LogP contribution is -2.16. The summed E-state index contributed by atoms with van der Waals surface area (Å²) < 4.78 is 0. The number of benzene rings is 1. The molecule has 0 aliphatic heterocycles. The second kappa shape index (κ2) is 4.10. The molecular weight excluding hydrogens is 252 g/mol. The maximum Gasteiger partial charge on any atom is 0.259 e. The van der Waals surface area contributed by atoms with Crippen LogP contribution in [0.2, 0.25) is 0 Å². The van der Waals surface area contributed by atoms with E-state index in [1.54, 1.807) is 0 Å². The minimum absolute atomic E-state index is 0.0978. The number of anilines is 1. The molecule has 0 aliphatic rings. The van der Waals surface area contributed by atoms with Gasteiger partial charge in [0.05, 0.1) is 16.6 Å². The number of H-pyrrole nitrogens is 2. The number of aromatic amines is 2. The van der Waals surface area contributed by atoms with Gasteiger partial charge >= 0.3 is 0 Å². The van der Waals surface area contributed by atoms with Crippen LogP contribution in [-0.4, -0.2) is 22.2 Å². The number of nitrogens with zero attached hydrogens (tertiary/aromatic N) is 1. The van der Waals surface area contributed by atoms with Crippen molar-refractivity contribution >= 4 is 27.5 Å². The van der Waals surface area contributed by atoms with E-state index in [2.05, 4.69) is 41.3 Å². The summed E-state index contributed by atoms with van der Waals surface area (Å²) in [5.74, 6) is 0. The van der Waals surface area contributed by atoms with Crippen molar-refractivity contribution in [3.63, 3.8) is 0 Å². The van der Waals surface area contributed by atoms with Gasteiger partial charge in [-0.1, -0.05) is 20.8 Å². The molecule has 0 spiro atoms. The molecule has 0 saturated carbocycles. The number of rotatable bonds is 1. The summed E-state index contributed by atoms with van der Waals surface area (Å²) in [6, 6.07) is 5.87. The van der Waals surface area contributed by atoms with E-state index in [0.29, 0.717) is 5.39 Å². The van der Waals surface area contributed by atoms with Gasteiger partial charge in [-0.25, -0.2) is 0 Å². The molecule has 2 heterocycles. The van der Waals surface area contributed by atoms with Gasteiger partial charge in [0.25, 0.3) is 5.56 Å². The van der Waals surface area contributed by atoms with Gasteiger partial charge in [0, 0.05) is 23.5 Å². The quantitative estimate of drug-likeness (QED) is 0.636. The number of fused-ring (bicyclic) bond motifs is 3. The Morgan fingerprint density at radius 3 is 2.65 bits per heavy atom. The lowest BCUT2D eigenvalue weighted by Gasteiger charge is -2.16. The van der Waals surface area contributed by atoms with E-state index in [4.69, 9.17) is 0 Å². The SMILES string of the molecule is CNc1ccc2c(c1)[nH]c(=O)c1c(C(C)(C)C)[nH]nc12. The topological polar surface area (TPSA) is 73.6 Å². The van der Waals surface area contributed by atoms with Crippen LogP contribution in [0.1, 0.15) is 26.5 Å².